The highest BCUT2D eigenvalue weighted by molar-refractivity contribution is 7.92. The van der Waals surface area contributed by atoms with Crippen LogP contribution < -0.4 is 9.46 Å². The SMILES string of the molecule is CCOc1ccc(NS(=O)(=O)c2ccc(C(=O)N3CCOC(c4ccc(F)cc4)C3)cc2)cc1. The maximum Gasteiger partial charge on any atom is 0.261 e. The zero-order valence-electron chi connectivity index (χ0n) is 18.6. The summed E-state index contributed by atoms with van der Waals surface area (Å²) in [5.41, 5.74) is 1.57. The van der Waals surface area contributed by atoms with Gasteiger partial charge in [-0.3, -0.25) is 9.52 Å². The minimum absolute atomic E-state index is 0.0455. The molecular weight excluding hydrogens is 459 g/mol. The largest absolute Gasteiger partial charge is 0.494 e. The highest BCUT2D eigenvalue weighted by Gasteiger charge is 2.26. The fraction of sp³-hybridized carbons (Fsp3) is 0.240. The van der Waals surface area contributed by atoms with E-state index >= 15 is 0 Å². The molecule has 178 valence electrons. The number of morpholine rings is 1. The van der Waals surface area contributed by atoms with Gasteiger partial charge in [-0.2, -0.15) is 0 Å². The van der Waals surface area contributed by atoms with Crippen LogP contribution in [0.15, 0.2) is 77.7 Å². The van der Waals surface area contributed by atoms with Gasteiger partial charge in [0.2, 0.25) is 0 Å². The van der Waals surface area contributed by atoms with Crippen molar-refractivity contribution in [1.29, 1.82) is 0 Å². The summed E-state index contributed by atoms with van der Waals surface area (Å²) in [6, 6.07) is 18.4. The molecule has 1 aliphatic rings. The van der Waals surface area contributed by atoms with Crippen molar-refractivity contribution in [2.24, 2.45) is 0 Å². The number of hydrogen-bond donors (Lipinski definition) is 1. The van der Waals surface area contributed by atoms with Crippen LogP contribution in [0.25, 0.3) is 0 Å². The number of anilines is 1. The van der Waals surface area contributed by atoms with Crippen molar-refractivity contribution < 1.29 is 27.1 Å². The maximum absolute atomic E-state index is 13.2. The average molecular weight is 485 g/mol. The Balaban J connectivity index is 1.42. The summed E-state index contributed by atoms with van der Waals surface area (Å²) in [6.07, 6.45) is -0.351. The highest BCUT2D eigenvalue weighted by atomic mass is 32.2. The van der Waals surface area contributed by atoms with Gasteiger partial charge < -0.3 is 14.4 Å². The average Bonchev–Trinajstić information content (AvgIpc) is 2.85. The molecule has 1 atom stereocenters. The number of nitrogens with zero attached hydrogens (tertiary/aromatic N) is 1. The Morgan fingerprint density at radius 2 is 1.74 bits per heavy atom. The van der Waals surface area contributed by atoms with Gasteiger partial charge in [-0.05, 0) is 73.2 Å². The van der Waals surface area contributed by atoms with Crippen molar-refractivity contribution in [3.8, 4) is 5.75 Å². The normalized spacial score (nSPS) is 16.2. The third-order valence-corrected chi connectivity index (χ3v) is 6.82. The fourth-order valence-corrected chi connectivity index (χ4v) is 4.73. The summed E-state index contributed by atoms with van der Waals surface area (Å²) < 4.78 is 52.3. The van der Waals surface area contributed by atoms with Gasteiger partial charge in [-0.25, -0.2) is 12.8 Å². The molecule has 1 unspecified atom stereocenters. The molecule has 1 heterocycles. The van der Waals surface area contributed by atoms with Crippen molar-refractivity contribution in [2.75, 3.05) is 31.0 Å². The maximum atomic E-state index is 13.2. The van der Waals surface area contributed by atoms with E-state index in [0.717, 1.165) is 5.56 Å². The van der Waals surface area contributed by atoms with Gasteiger partial charge in [0.25, 0.3) is 15.9 Å². The Morgan fingerprint density at radius 1 is 1.06 bits per heavy atom. The first kappa shape index (κ1) is 23.7. The number of halogens is 1. The van der Waals surface area contributed by atoms with Gasteiger partial charge in [0, 0.05) is 17.8 Å². The second kappa shape index (κ2) is 10.2. The van der Waals surface area contributed by atoms with Gasteiger partial charge in [0.15, 0.2) is 0 Å². The molecule has 0 spiro atoms. The summed E-state index contributed by atoms with van der Waals surface area (Å²) in [5, 5.41) is 0. The lowest BCUT2D eigenvalue weighted by molar-refractivity contribution is -0.0228. The van der Waals surface area contributed by atoms with Crippen LogP contribution in [0.2, 0.25) is 0 Å². The van der Waals surface area contributed by atoms with Crippen molar-refractivity contribution in [3.63, 3.8) is 0 Å². The Kier molecular flexibility index (Phi) is 7.14. The van der Waals surface area contributed by atoms with Gasteiger partial charge in [0.05, 0.1) is 24.7 Å². The molecule has 7 nitrogen and oxygen atoms in total. The zero-order chi connectivity index (χ0) is 24.1. The number of rotatable bonds is 7. The molecule has 1 saturated heterocycles. The second-order valence-corrected chi connectivity index (χ2v) is 9.43. The lowest BCUT2D eigenvalue weighted by Crippen LogP contribution is -2.42. The Hall–Kier alpha value is -3.43. The lowest BCUT2D eigenvalue weighted by atomic mass is 10.1. The number of benzene rings is 3. The van der Waals surface area contributed by atoms with Crippen molar-refractivity contribution in [1.82, 2.24) is 4.90 Å². The standard InChI is InChI=1S/C25H25FN2O5S/c1-2-32-22-11-9-21(10-12-22)27-34(30,31)23-13-5-19(6-14-23)25(29)28-15-16-33-24(17-28)18-3-7-20(26)8-4-18/h3-14,24,27H,2,15-17H2,1H3. The van der Waals surface area contributed by atoms with E-state index in [9.17, 15) is 17.6 Å². The van der Waals surface area contributed by atoms with Gasteiger partial charge >= 0.3 is 0 Å². The van der Waals surface area contributed by atoms with E-state index in [1.807, 2.05) is 6.92 Å². The van der Waals surface area contributed by atoms with Gasteiger partial charge in [0.1, 0.15) is 17.7 Å². The highest BCUT2D eigenvalue weighted by Crippen LogP contribution is 2.24. The fourth-order valence-electron chi connectivity index (χ4n) is 3.67. The van der Waals surface area contributed by atoms with E-state index in [1.54, 1.807) is 41.3 Å². The van der Waals surface area contributed by atoms with Crippen LogP contribution in [0.1, 0.15) is 28.9 Å². The predicted octanol–water partition coefficient (Wildman–Crippen LogP) is 4.24. The molecule has 1 aliphatic heterocycles. The number of sulfonamides is 1. The molecule has 34 heavy (non-hydrogen) atoms. The number of amides is 1. The molecule has 9 heteroatoms. The number of ether oxygens (including phenoxy) is 2. The van der Waals surface area contributed by atoms with Crippen LogP contribution in [0, 0.1) is 5.82 Å². The molecule has 1 amide bonds. The molecule has 1 N–H and O–H groups in total. The first-order valence-corrected chi connectivity index (χ1v) is 12.4. The smallest absolute Gasteiger partial charge is 0.261 e. The summed E-state index contributed by atoms with van der Waals surface area (Å²) in [5.74, 6) is 0.0940. The van der Waals surface area contributed by atoms with Crippen molar-refractivity contribution >= 4 is 21.6 Å². The zero-order valence-corrected chi connectivity index (χ0v) is 19.4. The van der Waals surface area contributed by atoms with Crippen LogP contribution in [-0.2, 0) is 14.8 Å². The minimum atomic E-state index is -3.82. The second-order valence-electron chi connectivity index (χ2n) is 7.75. The van der Waals surface area contributed by atoms with Crippen LogP contribution in [0.4, 0.5) is 10.1 Å². The summed E-state index contributed by atoms with van der Waals surface area (Å²) in [4.78, 5) is 14.7. The topological polar surface area (TPSA) is 84.9 Å². The Bertz CT molecular complexity index is 1230. The monoisotopic (exact) mass is 484 g/mol. The first-order valence-electron chi connectivity index (χ1n) is 10.9. The van der Waals surface area contributed by atoms with E-state index in [1.165, 1.54) is 36.4 Å². The molecule has 4 rings (SSSR count). The number of carbonyl (C=O) groups excluding carboxylic acids is 1. The van der Waals surface area contributed by atoms with Crippen LogP contribution in [0.3, 0.4) is 0 Å². The number of hydrogen-bond acceptors (Lipinski definition) is 5. The molecule has 1 fully saturated rings. The predicted molar refractivity (Wildman–Crippen MR) is 126 cm³/mol. The van der Waals surface area contributed by atoms with Crippen LogP contribution in [0.5, 0.6) is 5.75 Å². The first-order chi connectivity index (χ1) is 16.4. The summed E-state index contributed by atoms with van der Waals surface area (Å²) in [6.45, 7) is 3.48. The molecule has 0 bridgehead atoms. The molecule has 3 aromatic carbocycles. The van der Waals surface area contributed by atoms with Crippen LogP contribution in [-0.4, -0.2) is 45.5 Å². The summed E-state index contributed by atoms with van der Waals surface area (Å²) >= 11 is 0. The number of nitrogens with one attached hydrogen (secondary N) is 1. The molecular formula is C25H25FN2O5S. The van der Waals surface area contributed by atoms with E-state index in [2.05, 4.69) is 4.72 Å². The number of carbonyl (C=O) groups is 1. The van der Waals surface area contributed by atoms with Gasteiger partial charge in [-0.15, -0.1) is 0 Å². The minimum Gasteiger partial charge on any atom is -0.494 e. The molecule has 0 radical (unpaired) electrons. The molecule has 0 aliphatic carbocycles. The summed E-state index contributed by atoms with van der Waals surface area (Å²) in [7, 11) is -3.82. The lowest BCUT2D eigenvalue weighted by Gasteiger charge is -2.33. The third kappa shape index (κ3) is 5.55. The Morgan fingerprint density at radius 3 is 2.38 bits per heavy atom. The van der Waals surface area contributed by atoms with E-state index in [-0.39, 0.29) is 22.7 Å². The molecule has 0 saturated carbocycles. The van der Waals surface area contributed by atoms with Crippen molar-refractivity contribution in [3.05, 3.63) is 89.7 Å². The van der Waals surface area contributed by atoms with Gasteiger partial charge in [-0.1, -0.05) is 12.1 Å². The third-order valence-electron chi connectivity index (χ3n) is 5.42. The van der Waals surface area contributed by atoms with E-state index < -0.39 is 10.0 Å². The Labute approximate surface area is 198 Å². The molecule has 3 aromatic rings. The van der Waals surface area contributed by atoms with E-state index in [4.69, 9.17) is 9.47 Å². The quantitative estimate of drug-likeness (QED) is 0.542. The molecule has 0 aromatic heterocycles. The van der Waals surface area contributed by atoms with Crippen molar-refractivity contribution in [2.45, 2.75) is 17.9 Å². The van der Waals surface area contributed by atoms with Crippen LogP contribution >= 0.6 is 0 Å². The van der Waals surface area contributed by atoms with E-state index in [0.29, 0.717) is 43.3 Å².